The highest BCUT2D eigenvalue weighted by Crippen LogP contribution is 2.09. The Morgan fingerprint density at radius 1 is 1.12 bits per heavy atom. The Morgan fingerprint density at radius 2 is 1.94 bits per heavy atom. The topological polar surface area (TPSA) is 51.8 Å². The molecule has 0 radical (unpaired) electrons. The van der Waals surface area contributed by atoms with Gasteiger partial charge in [-0.1, -0.05) is 29.8 Å². The number of nitrogens with zero attached hydrogens (tertiary/aromatic N) is 2. The van der Waals surface area contributed by atoms with Gasteiger partial charge in [0, 0.05) is 18.7 Å². The van der Waals surface area contributed by atoms with Crippen LogP contribution in [0.4, 0.5) is 0 Å². The summed E-state index contributed by atoms with van der Waals surface area (Å²) in [7, 11) is 0. The predicted molar refractivity (Wildman–Crippen MR) is 63.9 cm³/mol. The van der Waals surface area contributed by atoms with Crippen LogP contribution < -0.4 is 5.73 Å². The predicted octanol–water partition coefficient (Wildman–Crippen LogP) is 1.83. The maximum Gasteiger partial charge on any atom is 0.115 e. The summed E-state index contributed by atoms with van der Waals surface area (Å²) in [6.45, 7) is 2.55. The normalized spacial score (nSPS) is 10.4. The molecule has 0 aliphatic carbocycles. The van der Waals surface area contributed by atoms with Crippen LogP contribution in [0.3, 0.4) is 0 Å². The second-order valence-corrected chi connectivity index (χ2v) is 3.87. The van der Waals surface area contributed by atoms with E-state index in [4.69, 9.17) is 5.73 Å². The first kappa shape index (κ1) is 10.8. The Bertz CT molecular complexity index is 480. The number of aromatic nitrogens is 2. The first-order chi connectivity index (χ1) is 7.78. The van der Waals surface area contributed by atoms with Gasteiger partial charge in [0.05, 0.1) is 5.69 Å². The molecule has 1 aromatic carbocycles. The fourth-order valence-corrected chi connectivity index (χ4v) is 1.68. The van der Waals surface area contributed by atoms with Gasteiger partial charge in [0.25, 0.3) is 0 Å². The van der Waals surface area contributed by atoms with Crippen LogP contribution in [0.15, 0.2) is 36.7 Å². The molecule has 16 heavy (non-hydrogen) atoms. The van der Waals surface area contributed by atoms with Crippen LogP contribution in [0.2, 0.25) is 0 Å². The van der Waals surface area contributed by atoms with E-state index >= 15 is 0 Å². The molecule has 0 aliphatic rings. The minimum absolute atomic E-state index is 0.462. The van der Waals surface area contributed by atoms with E-state index in [1.807, 2.05) is 6.07 Å². The molecule has 2 aromatic rings. The zero-order valence-corrected chi connectivity index (χ0v) is 9.35. The van der Waals surface area contributed by atoms with Gasteiger partial charge in [0.1, 0.15) is 6.33 Å². The Labute approximate surface area is 95.4 Å². The Morgan fingerprint density at radius 3 is 2.69 bits per heavy atom. The molecule has 0 fully saturated rings. The van der Waals surface area contributed by atoms with Gasteiger partial charge < -0.3 is 5.73 Å². The van der Waals surface area contributed by atoms with E-state index in [1.165, 1.54) is 11.1 Å². The van der Waals surface area contributed by atoms with Crippen molar-refractivity contribution in [3.8, 4) is 0 Å². The number of hydrogen-bond acceptors (Lipinski definition) is 3. The third kappa shape index (κ3) is 2.64. The van der Waals surface area contributed by atoms with E-state index in [9.17, 15) is 0 Å². The van der Waals surface area contributed by atoms with E-state index in [0.717, 1.165) is 17.8 Å². The van der Waals surface area contributed by atoms with Crippen LogP contribution in [0, 0.1) is 6.92 Å². The van der Waals surface area contributed by atoms with Crippen molar-refractivity contribution in [3.05, 3.63) is 59.2 Å². The van der Waals surface area contributed by atoms with Gasteiger partial charge in [-0.2, -0.15) is 0 Å². The lowest BCUT2D eigenvalue weighted by Crippen LogP contribution is -2.02. The summed E-state index contributed by atoms with van der Waals surface area (Å²) in [6, 6.07) is 10.4. The molecule has 0 bridgehead atoms. The molecule has 2 N–H and O–H groups in total. The zero-order valence-electron chi connectivity index (χ0n) is 9.35. The van der Waals surface area contributed by atoms with E-state index < -0.39 is 0 Å². The standard InChI is InChI=1S/C13H15N3/c1-10-3-2-4-11(5-10)6-12-7-13(8-14)16-9-15-12/h2-5,7,9H,6,8,14H2,1H3. The Balaban J connectivity index is 2.20. The highest BCUT2D eigenvalue weighted by atomic mass is 14.8. The number of hydrogen-bond donors (Lipinski definition) is 1. The molecule has 0 unspecified atom stereocenters. The number of nitrogens with two attached hydrogens (primary N) is 1. The quantitative estimate of drug-likeness (QED) is 0.846. The molecular formula is C13H15N3. The number of benzene rings is 1. The zero-order chi connectivity index (χ0) is 11.4. The van der Waals surface area contributed by atoms with Gasteiger partial charge in [-0.05, 0) is 18.6 Å². The SMILES string of the molecule is Cc1cccc(Cc2cc(CN)ncn2)c1. The molecule has 0 saturated carbocycles. The van der Waals surface area contributed by atoms with Gasteiger partial charge in [0.15, 0.2) is 0 Å². The molecule has 1 aromatic heterocycles. The van der Waals surface area contributed by atoms with Gasteiger partial charge >= 0.3 is 0 Å². The van der Waals surface area contributed by atoms with Crippen LogP contribution >= 0.6 is 0 Å². The maximum absolute atomic E-state index is 5.55. The molecule has 0 atom stereocenters. The second kappa shape index (κ2) is 4.86. The molecule has 0 aliphatic heterocycles. The highest BCUT2D eigenvalue weighted by Gasteiger charge is 1.99. The molecule has 2 rings (SSSR count). The largest absolute Gasteiger partial charge is 0.325 e. The Kier molecular flexibility index (Phi) is 3.27. The third-order valence-electron chi connectivity index (χ3n) is 2.46. The van der Waals surface area contributed by atoms with Gasteiger partial charge in [-0.3, -0.25) is 0 Å². The van der Waals surface area contributed by atoms with Crippen molar-refractivity contribution < 1.29 is 0 Å². The molecular weight excluding hydrogens is 198 g/mol. The van der Waals surface area contributed by atoms with Gasteiger partial charge in [-0.25, -0.2) is 9.97 Å². The van der Waals surface area contributed by atoms with Crippen molar-refractivity contribution in [2.24, 2.45) is 5.73 Å². The van der Waals surface area contributed by atoms with Gasteiger partial charge in [-0.15, -0.1) is 0 Å². The summed E-state index contributed by atoms with van der Waals surface area (Å²) < 4.78 is 0. The van der Waals surface area contributed by atoms with Gasteiger partial charge in [0.2, 0.25) is 0 Å². The van der Waals surface area contributed by atoms with E-state index in [2.05, 4.69) is 41.2 Å². The molecule has 0 amide bonds. The summed E-state index contributed by atoms with van der Waals surface area (Å²) in [4.78, 5) is 8.33. The lowest BCUT2D eigenvalue weighted by atomic mass is 10.1. The van der Waals surface area contributed by atoms with Crippen molar-refractivity contribution in [2.45, 2.75) is 19.9 Å². The van der Waals surface area contributed by atoms with E-state index in [0.29, 0.717) is 6.54 Å². The molecule has 3 heteroatoms. The fraction of sp³-hybridized carbons (Fsp3) is 0.231. The summed E-state index contributed by atoms with van der Waals surface area (Å²) in [6.07, 6.45) is 2.41. The lowest BCUT2D eigenvalue weighted by molar-refractivity contribution is 0.927. The third-order valence-corrected chi connectivity index (χ3v) is 2.46. The lowest BCUT2D eigenvalue weighted by Gasteiger charge is -2.03. The minimum Gasteiger partial charge on any atom is -0.325 e. The van der Waals surface area contributed by atoms with Crippen LogP contribution in [0.5, 0.6) is 0 Å². The summed E-state index contributed by atoms with van der Waals surface area (Å²) >= 11 is 0. The Hall–Kier alpha value is -1.74. The average molecular weight is 213 g/mol. The van der Waals surface area contributed by atoms with Crippen LogP contribution in [0.25, 0.3) is 0 Å². The highest BCUT2D eigenvalue weighted by molar-refractivity contribution is 5.26. The first-order valence-corrected chi connectivity index (χ1v) is 5.33. The van der Waals surface area contributed by atoms with Crippen molar-refractivity contribution >= 4 is 0 Å². The van der Waals surface area contributed by atoms with Crippen LogP contribution in [-0.4, -0.2) is 9.97 Å². The fourth-order valence-electron chi connectivity index (χ4n) is 1.68. The molecule has 0 saturated heterocycles. The monoisotopic (exact) mass is 213 g/mol. The maximum atomic E-state index is 5.55. The molecule has 3 nitrogen and oxygen atoms in total. The van der Waals surface area contributed by atoms with E-state index in [1.54, 1.807) is 6.33 Å². The van der Waals surface area contributed by atoms with Crippen LogP contribution in [-0.2, 0) is 13.0 Å². The smallest absolute Gasteiger partial charge is 0.115 e. The van der Waals surface area contributed by atoms with Crippen LogP contribution in [0.1, 0.15) is 22.5 Å². The number of aryl methyl sites for hydroxylation is 1. The van der Waals surface area contributed by atoms with Crippen molar-refractivity contribution in [1.82, 2.24) is 9.97 Å². The average Bonchev–Trinajstić information content (AvgIpc) is 2.29. The summed E-state index contributed by atoms with van der Waals surface area (Å²) in [5, 5.41) is 0. The van der Waals surface area contributed by atoms with Crippen molar-refractivity contribution in [1.29, 1.82) is 0 Å². The second-order valence-electron chi connectivity index (χ2n) is 3.87. The first-order valence-electron chi connectivity index (χ1n) is 5.33. The summed E-state index contributed by atoms with van der Waals surface area (Å²) in [5.41, 5.74) is 9.98. The number of rotatable bonds is 3. The summed E-state index contributed by atoms with van der Waals surface area (Å²) in [5.74, 6) is 0. The molecule has 1 heterocycles. The minimum atomic E-state index is 0.462. The van der Waals surface area contributed by atoms with Crippen molar-refractivity contribution in [2.75, 3.05) is 0 Å². The molecule has 0 spiro atoms. The molecule has 82 valence electrons. The van der Waals surface area contributed by atoms with E-state index in [-0.39, 0.29) is 0 Å². The van der Waals surface area contributed by atoms with Crippen molar-refractivity contribution in [3.63, 3.8) is 0 Å².